The van der Waals surface area contributed by atoms with Gasteiger partial charge in [-0.2, -0.15) is 5.26 Å². The predicted octanol–water partition coefficient (Wildman–Crippen LogP) is 2.40. The predicted molar refractivity (Wildman–Crippen MR) is 72.8 cm³/mol. The van der Waals surface area contributed by atoms with Crippen LogP contribution in [0.4, 0.5) is 5.95 Å². The largest absolute Gasteiger partial charge is 0.343 e. The number of hydrogen-bond donors (Lipinski definition) is 0. The molecule has 0 unspecified atom stereocenters. The molecule has 0 fully saturated rings. The second kappa shape index (κ2) is 5.61. The number of nitrogens with zero attached hydrogens (tertiary/aromatic N) is 4. The molecule has 0 atom stereocenters. The van der Waals surface area contributed by atoms with Gasteiger partial charge < -0.3 is 4.90 Å². The number of anilines is 1. The Hall–Kier alpha value is -1.93. The number of thiophene rings is 1. The van der Waals surface area contributed by atoms with Crippen LogP contribution in [-0.4, -0.2) is 23.6 Å². The van der Waals surface area contributed by atoms with Crippen LogP contribution in [0.1, 0.15) is 16.3 Å². The van der Waals surface area contributed by atoms with Crippen molar-refractivity contribution in [2.45, 2.75) is 13.3 Å². The summed E-state index contributed by atoms with van der Waals surface area (Å²) in [5.41, 5.74) is 1.24. The van der Waals surface area contributed by atoms with E-state index in [0.717, 1.165) is 18.7 Å². The van der Waals surface area contributed by atoms with Gasteiger partial charge in [0.15, 0.2) is 0 Å². The highest BCUT2D eigenvalue weighted by atomic mass is 32.1. The molecule has 0 aliphatic carbocycles. The molecular weight excluding hydrogens is 244 g/mol. The van der Waals surface area contributed by atoms with Crippen LogP contribution in [0.2, 0.25) is 0 Å². The lowest BCUT2D eigenvalue weighted by molar-refractivity contribution is 0.837. The molecule has 2 heterocycles. The Morgan fingerprint density at radius 2 is 2.28 bits per heavy atom. The number of nitriles is 1. The summed E-state index contributed by atoms with van der Waals surface area (Å²) in [5.74, 6) is 0.614. The normalized spacial score (nSPS) is 10.1. The molecular formula is C13H14N4S. The number of rotatable bonds is 4. The molecule has 5 heteroatoms. The minimum absolute atomic E-state index is 0.417. The first-order valence-electron chi connectivity index (χ1n) is 5.68. The Labute approximate surface area is 111 Å². The summed E-state index contributed by atoms with van der Waals surface area (Å²) in [6, 6.07) is 7.92. The summed E-state index contributed by atoms with van der Waals surface area (Å²) in [6.45, 7) is 2.72. The van der Waals surface area contributed by atoms with Crippen molar-refractivity contribution in [3.63, 3.8) is 0 Å². The Kier molecular flexibility index (Phi) is 3.90. The Balaban J connectivity index is 2.06. The van der Waals surface area contributed by atoms with Gasteiger partial charge in [-0.05, 0) is 30.9 Å². The number of likely N-dealkylation sites (N-methyl/N-ethyl adjacent to an activating group) is 1. The quantitative estimate of drug-likeness (QED) is 0.845. The number of hydrogen-bond acceptors (Lipinski definition) is 5. The van der Waals surface area contributed by atoms with Crippen LogP contribution in [0.25, 0.3) is 0 Å². The van der Waals surface area contributed by atoms with Crippen molar-refractivity contribution >= 4 is 17.3 Å². The van der Waals surface area contributed by atoms with Gasteiger partial charge >= 0.3 is 0 Å². The fraction of sp³-hybridized carbons (Fsp3) is 0.308. The molecule has 0 N–H and O–H groups in total. The zero-order valence-corrected chi connectivity index (χ0v) is 11.2. The molecule has 0 aliphatic rings. The van der Waals surface area contributed by atoms with Gasteiger partial charge in [-0.25, -0.2) is 9.97 Å². The van der Waals surface area contributed by atoms with E-state index < -0.39 is 0 Å². The molecule has 92 valence electrons. The second-order valence-electron chi connectivity index (χ2n) is 4.06. The van der Waals surface area contributed by atoms with E-state index in [9.17, 15) is 0 Å². The molecule has 0 bridgehead atoms. The molecule has 0 saturated heterocycles. The van der Waals surface area contributed by atoms with E-state index >= 15 is 0 Å². The Morgan fingerprint density at radius 1 is 1.44 bits per heavy atom. The fourth-order valence-electron chi connectivity index (χ4n) is 1.61. The Morgan fingerprint density at radius 3 is 2.94 bits per heavy atom. The monoisotopic (exact) mass is 258 g/mol. The van der Waals surface area contributed by atoms with E-state index in [0.29, 0.717) is 11.6 Å². The standard InChI is InChI=1S/C13H14N4S/c1-10-8-11(9-14)16-13(15-10)17(2)6-5-12-4-3-7-18-12/h3-4,7-8H,5-6H2,1-2H3. The second-order valence-corrected chi connectivity index (χ2v) is 5.09. The van der Waals surface area contributed by atoms with Crippen LogP contribution in [-0.2, 0) is 6.42 Å². The van der Waals surface area contributed by atoms with Crippen molar-refractivity contribution in [3.8, 4) is 6.07 Å². The first kappa shape index (κ1) is 12.5. The summed E-state index contributed by atoms with van der Waals surface area (Å²) in [7, 11) is 1.95. The van der Waals surface area contributed by atoms with Crippen LogP contribution in [0.5, 0.6) is 0 Å². The van der Waals surface area contributed by atoms with Gasteiger partial charge in [0.25, 0.3) is 0 Å². The lowest BCUT2D eigenvalue weighted by Crippen LogP contribution is -2.23. The summed E-state index contributed by atoms with van der Waals surface area (Å²) in [5, 5.41) is 11.0. The summed E-state index contributed by atoms with van der Waals surface area (Å²) in [6.07, 6.45) is 0.966. The zero-order chi connectivity index (χ0) is 13.0. The average Bonchev–Trinajstić information content (AvgIpc) is 2.88. The maximum absolute atomic E-state index is 8.89. The van der Waals surface area contributed by atoms with Crippen LogP contribution in [0.15, 0.2) is 23.6 Å². The van der Waals surface area contributed by atoms with Gasteiger partial charge in [0, 0.05) is 24.2 Å². The van der Waals surface area contributed by atoms with Gasteiger partial charge in [0.2, 0.25) is 5.95 Å². The maximum Gasteiger partial charge on any atom is 0.226 e. The van der Waals surface area contributed by atoms with Crippen molar-refractivity contribution in [3.05, 3.63) is 39.8 Å². The topological polar surface area (TPSA) is 52.8 Å². The van der Waals surface area contributed by atoms with E-state index in [1.54, 1.807) is 17.4 Å². The molecule has 18 heavy (non-hydrogen) atoms. The highest BCUT2D eigenvalue weighted by Gasteiger charge is 2.07. The van der Waals surface area contributed by atoms with Crippen molar-refractivity contribution in [1.29, 1.82) is 5.26 Å². The van der Waals surface area contributed by atoms with Crippen LogP contribution >= 0.6 is 11.3 Å². The first-order chi connectivity index (χ1) is 8.69. The van der Waals surface area contributed by atoms with E-state index in [4.69, 9.17) is 5.26 Å². The third-order valence-corrected chi connectivity index (χ3v) is 3.51. The summed E-state index contributed by atoms with van der Waals surface area (Å²) in [4.78, 5) is 11.9. The smallest absolute Gasteiger partial charge is 0.226 e. The van der Waals surface area contributed by atoms with Gasteiger partial charge in [-0.1, -0.05) is 6.07 Å². The number of aromatic nitrogens is 2. The minimum atomic E-state index is 0.417. The first-order valence-corrected chi connectivity index (χ1v) is 6.56. The van der Waals surface area contributed by atoms with E-state index in [-0.39, 0.29) is 0 Å². The molecule has 0 aromatic carbocycles. The van der Waals surface area contributed by atoms with Crippen molar-refractivity contribution in [2.75, 3.05) is 18.5 Å². The van der Waals surface area contributed by atoms with Gasteiger partial charge in [-0.15, -0.1) is 11.3 Å². The molecule has 2 aromatic heterocycles. The molecule has 2 rings (SSSR count). The highest BCUT2D eigenvalue weighted by molar-refractivity contribution is 7.09. The minimum Gasteiger partial charge on any atom is -0.343 e. The molecule has 0 aliphatic heterocycles. The van der Waals surface area contributed by atoms with Crippen LogP contribution in [0.3, 0.4) is 0 Å². The van der Waals surface area contributed by atoms with Gasteiger partial charge in [0.1, 0.15) is 11.8 Å². The van der Waals surface area contributed by atoms with Crippen LogP contribution < -0.4 is 4.90 Å². The summed E-state index contributed by atoms with van der Waals surface area (Å²) >= 11 is 1.75. The molecule has 2 aromatic rings. The van der Waals surface area contributed by atoms with Gasteiger partial charge in [-0.3, -0.25) is 0 Å². The maximum atomic E-state index is 8.89. The third kappa shape index (κ3) is 3.05. The Bertz CT molecular complexity index is 557. The molecule has 0 amide bonds. The third-order valence-electron chi connectivity index (χ3n) is 2.57. The molecule has 4 nitrogen and oxygen atoms in total. The molecule has 0 spiro atoms. The van der Waals surface area contributed by atoms with Crippen molar-refractivity contribution in [1.82, 2.24) is 9.97 Å². The average molecular weight is 258 g/mol. The molecule has 0 radical (unpaired) electrons. The van der Waals surface area contributed by atoms with E-state index in [2.05, 4.69) is 33.5 Å². The number of aryl methyl sites for hydroxylation is 1. The van der Waals surface area contributed by atoms with Crippen molar-refractivity contribution in [2.24, 2.45) is 0 Å². The summed E-state index contributed by atoms with van der Waals surface area (Å²) < 4.78 is 0. The van der Waals surface area contributed by atoms with Gasteiger partial charge in [0.05, 0.1) is 0 Å². The van der Waals surface area contributed by atoms with Crippen molar-refractivity contribution < 1.29 is 0 Å². The fourth-order valence-corrected chi connectivity index (χ4v) is 2.31. The molecule has 0 saturated carbocycles. The highest BCUT2D eigenvalue weighted by Crippen LogP contribution is 2.12. The van der Waals surface area contributed by atoms with E-state index in [1.807, 2.05) is 18.9 Å². The lowest BCUT2D eigenvalue weighted by Gasteiger charge is -2.16. The zero-order valence-electron chi connectivity index (χ0n) is 10.4. The lowest BCUT2D eigenvalue weighted by atomic mass is 10.3. The SMILES string of the molecule is Cc1cc(C#N)nc(N(C)CCc2cccs2)n1. The van der Waals surface area contributed by atoms with E-state index in [1.165, 1.54) is 4.88 Å². The van der Waals surface area contributed by atoms with Crippen LogP contribution in [0, 0.1) is 18.3 Å².